The second kappa shape index (κ2) is 4.91. The van der Waals surface area contributed by atoms with Crippen molar-refractivity contribution in [2.45, 2.75) is 19.8 Å². The van der Waals surface area contributed by atoms with E-state index >= 15 is 0 Å². The van der Waals surface area contributed by atoms with E-state index in [9.17, 15) is 0 Å². The SMILES string of the molecule is CCCc1cc2c(Cl)ccc(Br)c2nc1Cl. The number of hydrogen-bond donors (Lipinski definition) is 0. The molecule has 0 spiro atoms. The molecule has 84 valence electrons. The minimum absolute atomic E-state index is 0.567. The number of hydrogen-bond acceptors (Lipinski definition) is 1. The summed E-state index contributed by atoms with van der Waals surface area (Å²) >= 11 is 15.7. The number of aromatic nitrogens is 1. The first kappa shape index (κ1) is 12.2. The molecular weight excluding hydrogens is 309 g/mol. The highest BCUT2D eigenvalue weighted by molar-refractivity contribution is 9.10. The lowest BCUT2D eigenvalue weighted by atomic mass is 10.1. The van der Waals surface area contributed by atoms with E-state index in [4.69, 9.17) is 23.2 Å². The standard InChI is InChI=1S/C12H10BrCl2N/c1-2-3-7-6-8-10(14)5-4-9(13)11(8)16-12(7)15/h4-6H,2-3H2,1H3. The Hall–Kier alpha value is -0.310. The van der Waals surface area contributed by atoms with Gasteiger partial charge in [0.05, 0.1) is 10.5 Å². The number of fused-ring (bicyclic) bond motifs is 1. The summed E-state index contributed by atoms with van der Waals surface area (Å²) in [6.45, 7) is 2.11. The van der Waals surface area contributed by atoms with Gasteiger partial charge in [0, 0.05) is 9.86 Å². The molecule has 0 aliphatic heterocycles. The maximum absolute atomic E-state index is 6.15. The van der Waals surface area contributed by atoms with E-state index in [1.54, 1.807) is 0 Å². The maximum Gasteiger partial charge on any atom is 0.133 e. The summed E-state index contributed by atoms with van der Waals surface area (Å²) in [4.78, 5) is 4.39. The molecule has 0 fully saturated rings. The van der Waals surface area contributed by atoms with Gasteiger partial charge in [-0.3, -0.25) is 0 Å². The maximum atomic E-state index is 6.15. The molecule has 1 aromatic carbocycles. The number of benzene rings is 1. The fourth-order valence-electron chi connectivity index (χ4n) is 1.66. The molecule has 0 unspecified atom stereocenters. The number of aryl methyl sites for hydroxylation is 1. The summed E-state index contributed by atoms with van der Waals surface area (Å²) in [5.41, 5.74) is 1.87. The van der Waals surface area contributed by atoms with Crippen LogP contribution >= 0.6 is 39.1 Å². The normalized spacial score (nSPS) is 11.0. The van der Waals surface area contributed by atoms with Gasteiger partial charge in [0.15, 0.2) is 0 Å². The zero-order chi connectivity index (χ0) is 11.7. The van der Waals surface area contributed by atoms with Crippen LogP contribution in [-0.2, 0) is 6.42 Å². The van der Waals surface area contributed by atoms with Gasteiger partial charge in [-0.2, -0.15) is 0 Å². The highest BCUT2D eigenvalue weighted by atomic mass is 79.9. The van der Waals surface area contributed by atoms with Crippen LogP contribution in [-0.4, -0.2) is 4.98 Å². The minimum Gasteiger partial charge on any atom is -0.235 e. The van der Waals surface area contributed by atoms with Crippen molar-refractivity contribution in [2.75, 3.05) is 0 Å². The zero-order valence-electron chi connectivity index (χ0n) is 8.73. The van der Waals surface area contributed by atoms with Crippen molar-refractivity contribution in [1.82, 2.24) is 4.98 Å². The molecular formula is C12H10BrCl2N. The third kappa shape index (κ3) is 2.20. The Balaban J connectivity index is 2.73. The second-order valence-corrected chi connectivity index (χ2v) is 5.23. The third-order valence-electron chi connectivity index (χ3n) is 2.43. The van der Waals surface area contributed by atoms with Crippen LogP contribution in [0.3, 0.4) is 0 Å². The largest absolute Gasteiger partial charge is 0.235 e. The zero-order valence-corrected chi connectivity index (χ0v) is 11.8. The molecule has 0 saturated heterocycles. The van der Waals surface area contributed by atoms with Crippen LogP contribution in [0.1, 0.15) is 18.9 Å². The lowest BCUT2D eigenvalue weighted by Gasteiger charge is -2.07. The fraction of sp³-hybridized carbons (Fsp3) is 0.250. The summed E-state index contributed by atoms with van der Waals surface area (Å²) in [5.74, 6) is 0. The molecule has 0 bridgehead atoms. The topological polar surface area (TPSA) is 12.9 Å². The monoisotopic (exact) mass is 317 g/mol. The molecule has 2 aromatic rings. The van der Waals surface area contributed by atoms with Gasteiger partial charge in [0.25, 0.3) is 0 Å². The van der Waals surface area contributed by atoms with Crippen LogP contribution in [0.4, 0.5) is 0 Å². The number of nitrogens with zero attached hydrogens (tertiary/aromatic N) is 1. The first-order valence-corrected chi connectivity index (χ1v) is 6.61. The molecule has 0 saturated carbocycles. The quantitative estimate of drug-likeness (QED) is 0.688. The van der Waals surface area contributed by atoms with E-state index < -0.39 is 0 Å². The van der Waals surface area contributed by atoms with Gasteiger partial charge < -0.3 is 0 Å². The van der Waals surface area contributed by atoms with Crippen molar-refractivity contribution in [2.24, 2.45) is 0 Å². The summed E-state index contributed by atoms with van der Waals surface area (Å²) in [6, 6.07) is 5.77. The second-order valence-electron chi connectivity index (χ2n) is 3.61. The van der Waals surface area contributed by atoms with Gasteiger partial charge in [-0.1, -0.05) is 36.5 Å². The molecule has 16 heavy (non-hydrogen) atoms. The molecule has 1 nitrogen and oxygen atoms in total. The Morgan fingerprint density at radius 2 is 2.06 bits per heavy atom. The number of rotatable bonds is 2. The molecule has 1 aromatic heterocycles. The highest BCUT2D eigenvalue weighted by Gasteiger charge is 2.09. The summed E-state index contributed by atoms with van der Waals surface area (Å²) < 4.78 is 0.914. The predicted molar refractivity (Wildman–Crippen MR) is 73.5 cm³/mol. The summed E-state index contributed by atoms with van der Waals surface area (Å²) in [7, 11) is 0. The van der Waals surface area contributed by atoms with E-state index in [0.29, 0.717) is 10.2 Å². The van der Waals surface area contributed by atoms with Crippen molar-refractivity contribution >= 4 is 50.0 Å². The average Bonchev–Trinajstić information content (AvgIpc) is 2.26. The highest BCUT2D eigenvalue weighted by Crippen LogP contribution is 2.31. The molecule has 0 amide bonds. The van der Waals surface area contributed by atoms with E-state index in [1.807, 2.05) is 18.2 Å². The van der Waals surface area contributed by atoms with E-state index in [1.165, 1.54) is 0 Å². The molecule has 0 N–H and O–H groups in total. The average molecular weight is 319 g/mol. The van der Waals surface area contributed by atoms with Crippen molar-refractivity contribution in [3.05, 3.63) is 38.4 Å². The van der Waals surface area contributed by atoms with Crippen molar-refractivity contribution in [3.63, 3.8) is 0 Å². The van der Waals surface area contributed by atoms with Gasteiger partial charge in [0.1, 0.15) is 5.15 Å². The van der Waals surface area contributed by atoms with Gasteiger partial charge in [-0.05, 0) is 46.1 Å². The Labute approximate surface area is 113 Å². The van der Waals surface area contributed by atoms with E-state index in [0.717, 1.165) is 33.8 Å². The Morgan fingerprint density at radius 3 is 2.75 bits per heavy atom. The van der Waals surface area contributed by atoms with Crippen LogP contribution in [0.25, 0.3) is 10.9 Å². The van der Waals surface area contributed by atoms with E-state index in [-0.39, 0.29) is 0 Å². The first-order chi connectivity index (χ1) is 7.63. The minimum atomic E-state index is 0.567. The Morgan fingerprint density at radius 1 is 1.31 bits per heavy atom. The number of halogens is 3. The van der Waals surface area contributed by atoms with Crippen LogP contribution < -0.4 is 0 Å². The van der Waals surface area contributed by atoms with Crippen LogP contribution in [0.15, 0.2) is 22.7 Å². The summed E-state index contributed by atoms with van der Waals surface area (Å²) in [5, 5.41) is 2.22. The molecule has 0 radical (unpaired) electrons. The lowest BCUT2D eigenvalue weighted by Crippen LogP contribution is -1.91. The Kier molecular flexibility index (Phi) is 3.73. The third-order valence-corrected chi connectivity index (χ3v) is 3.72. The molecule has 2 rings (SSSR count). The van der Waals surface area contributed by atoms with Crippen LogP contribution in [0, 0.1) is 0 Å². The van der Waals surface area contributed by atoms with Gasteiger partial charge in [-0.15, -0.1) is 0 Å². The van der Waals surface area contributed by atoms with Crippen LogP contribution in [0.2, 0.25) is 10.2 Å². The van der Waals surface area contributed by atoms with Gasteiger partial charge >= 0.3 is 0 Å². The predicted octanol–water partition coefficient (Wildman–Crippen LogP) is 5.26. The first-order valence-electron chi connectivity index (χ1n) is 5.06. The van der Waals surface area contributed by atoms with Crippen molar-refractivity contribution in [1.29, 1.82) is 0 Å². The molecule has 0 aliphatic carbocycles. The van der Waals surface area contributed by atoms with Crippen molar-refractivity contribution in [3.8, 4) is 0 Å². The lowest BCUT2D eigenvalue weighted by molar-refractivity contribution is 0.917. The van der Waals surface area contributed by atoms with Crippen LogP contribution in [0.5, 0.6) is 0 Å². The summed E-state index contributed by atoms with van der Waals surface area (Å²) in [6.07, 6.45) is 1.96. The fourth-order valence-corrected chi connectivity index (χ4v) is 2.53. The van der Waals surface area contributed by atoms with Gasteiger partial charge in [-0.25, -0.2) is 4.98 Å². The van der Waals surface area contributed by atoms with Gasteiger partial charge in [0.2, 0.25) is 0 Å². The van der Waals surface area contributed by atoms with Crippen molar-refractivity contribution < 1.29 is 0 Å². The smallest absolute Gasteiger partial charge is 0.133 e. The Bertz CT molecular complexity index is 540. The molecule has 0 atom stereocenters. The number of pyridine rings is 1. The molecule has 1 heterocycles. The molecule has 0 aliphatic rings. The van der Waals surface area contributed by atoms with E-state index in [2.05, 4.69) is 27.8 Å². The molecule has 4 heteroatoms.